The van der Waals surface area contributed by atoms with Gasteiger partial charge in [0, 0.05) is 16.5 Å². The van der Waals surface area contributed by atoms with Gasteiger partial charge in [-0.2, -0.15) is 0 Å². The Hall–Kier alpha value is -2.44. The quantitative estimate of drug-likeness (QED) is 0.280. The number of nitrogens with zero attached hydrogens (tertiary/aromatic N) is 2. The Balaban J connectivity index is 1.77. The zero-order valence-corrected chi connectivity index (χ0v) is 22.6. The molecule has 8 nitrogen and oxygen atoms in total. The largest absolute Gasteiger partial charge is 0.468 e. The number of halogens is 3. The third-order valence-corrected chi connectivity index (χ3v) is 7.62. The van der Waals surface area contributed by atoms with Crippen molar-refractivity contribution in [3.63, 3.8) is 0 Å². The van der Waals surface area contributed by atoms with E-state index in [0.717, 1.165) is 17.7 Å². The molecule has 0 unspecified atom stereocenters. The van der Waals surface area contributed by atoms with Gasteiger partial charge in [0.25, 0.3) is 10.0 Å². The molecule has 194 valence electrons. The van der Waals surface area contributed by atoms with Crippen molar-refractivity contribution in [1.29, 1.82) is 0 Å². The number of anilines is 1. The van der Waals surface area contributed by atoms with E-state index in [0.29, 0.717) is 36.7 Å². The van der Waals surface area contributed by atoms with Crippen LogP contribution in [0.5, 0.6) is 11.5 Å². The van der Waals surface area contributed by atoms with Gasteiger partial charge in [0.15, 0.2) is 5.82 Å². The highest BCUT2D eigenvalue weighted by atomic mass is 35.5. The van der Waals surface area contributed by atoms with E-state index in [9.17, 15) is 17.6 Å². The number of likely N-dealkylation sites (N-methyl/N-ethyl adjacent to an activating group) is 1. The van der Waals surface area contributed by atoms with Crippen LogP contribution in [0.2, 0.25) is 10.0 Å². The van der Waals surface area contributed by atoms with Gasteiger partial charge >= 0.3 is 5.97 Å². The van der Waals surface area contributed by atoms with Crippen molar-refractivity contribution in [3.8, 4) is 11.5 Å². The Morgan fingerprint density at radius 2 is 2.00 bits per heavy atom. The number of ether oxygens (including phenoxy) is 2. The number of aromatic nitrogens is 1. The van der Waals surface area contributed by atoms with Crippen LogP contribution in [0.25, 0.3) is 0 Å². The van der Waals surface area contributed by atoms with Gasteiger partial charge in [-0.15, -0.1) is 11.3 Å². The van der Waals surface area contributed by atoms with Gasteiger partial charge < -0.3 is 9.47 Å². The van der Waals surface area contributed by atoms with E-state index in [2.05, 4.69) is 9.71 Å². The summed E-state index contributed by atoms with van der Waals surface area (Å²) in [6, 6.07) is 6.89. The molecule has 0 saturated carbocycles. The molecule has 0 fully saturated rings. The highest BCUT2D eigenvalue weighted by Crippen LogP contribution is 2.36. The summed E-state index contributed by atoms with van der Waals surface area (Å²) < 4.78 is 52.8. The van der Waals surface area contributed by atoms with Gasteiger partial charge in [0.05, 0.1) is 24.2 Å². The molecule has 0 amide bonds. The van der Waals surface area contributed by atoms with Gasteiger partial charge in [-0.1, -0.05) is 30.1 Å². The Morgan fingerprint density at radius 1 is 1.22 bits per heavy atom. The van der Waals surface area contributed by atoms with E-state index in [1.165, 1.54) is 29.3 Å². The smallest absolute Gasteiger partial charge is 0.319 e. The molecule has 36 heavy (non-hydrogen) atoms. The number of nitrogens with one attached hydrogen (secondary N) is 1. The summed E-state index contributed by atoms with van der Waals surface area (Å²) in [6.07, 6.45) is 1.24. The molecule has 2 aromatic carbocycles. The molecular weight excluding hydrogens is 552 g/mol. The average Bonchev–Trinajstić information content (AvgIpc) is 3.34. The molecule has 1 N–H and O–H groups in total. The van der Waals surface area contributed by atoms with Gasteiger partial charge in [-0.05, 0) is 55.8 Å². The first kappa shape index (κ1) is 28.1. The number of rotatable bonds is 12. The Morgan fingerprint density at radius 3 is 2.67 bits per heavy atom. The standard InChI is InChI=1S/C23H24Cl2FN3O5S2/c1-3-29(12-23(30)33-2)8-4-5-15-9-16(24)6-7-19(15)34-20-11-18(26)21(10-17(20)25)36(31,32)28-22-13-35-14-27-22/h6-7,9-11,13-14,28H,3-5,8,12H2,1-2H3. The van der Waals surface area contributed by atoms with Crippen molar-refractivity contribution >= 4 is 56.3 Å². The Bertz CT molecular complexity index is 1310. The van der Waals surface area contributed by atoms with Crippen LogP contribution in [0.1, 0.15) is 18.9 Å². The molecule has 0 spiro atoms. The molecule has 0 aliphatic heterocycles. The molecule has 0 aliphatic carbocycles. The Labute approximate surface area is 223 Å². The molecule has 0 saturated heterocycles. The van der Waals surface area contributed by atoms with E-state index >= 15 is 0 Å². The normalized spacial score (nSPS) is 11.5. The molecule has 1 aromatic heterocycles. The summed E-state index contributed by atoms with van der Waals surface area (Å²) in [6.45, 7) is 3.44. The van der Waals surface area contributed by atoms with Crippen LogP contribution in [0, 0.1) is 5.82 Å². The number of hydrogen-bond donors (Lipinski definition) is 1. The van der Waals surface area contributed by atoms with Crippen LogP contribution in [0.3, 0.4) is 0 Å². The van der Waals surface area contributed by atoms with Gasteiger partial charge in [-0.3, -0.25) is 14.4 Å². The lowest BCUT2D eigenvalue weighted by Gasteiger charge is -2.19. The second-order valence-electron chi connectivity index (χ2n) is 7.59. The van der Waals surface area contributed by atoms with Crippen LogP contribution >= 0.6 is 34.5 Å². The lowest BCUT2D eigenvalue weighted by atomic mass is 10.1. The number of carbonyl (C=O) groups excluding carboxylic acids is 1. The lowest BCUT2D eigenvalue weighted by Crippen LogP contribution is -2.31. The maximum Gasteiger partial charge on any atom is 0.319 e. The molecule has 0 aliphatic rings. The Kier molecular flexibility index (Phi) is 9.92. The van der Waals surface area contributed by atoms with E-state index in [1.54, 1.807) is 18.2 Å². The minimum atomic E-state index is -4.25. The third-order valence-electron chi connectivity index (χ3n) is 5.14. The minimum absolute atomic E-state index is 0.0498. The molecule has 0 atom stereocenters. The summed E-state index contributed by atoms with van der Waals surface area (Å²) in [4.78, 5) is 16.7. The van der Waals surface area contributed by atoms with Gasteiger partial charge in [0.1, 0.15) is 22.2 Å². The highest BCUT2D eigenvalue weighted by molar-refractivity contribution is 7.92. The lowest BCUT2D eigenvalue weighted by molar-refractivity contribution is -0.141. The molecule has 1 heterocycles. The van der Waals surface area contributed by atoms with Gasteiger partial charge in [0.2, 0.25) is 0 Å². The summed E-state index contributed by atoms with van der Waals surface area (Å²) >= 11 is 13.6. The number of benzene rings is 2. The second-order valence-corrected chi connectivity index (χ2v) is 10.8. The first-order valence-corrected chi connectivity index (χ1v) is 14.0. The summed E-state index contributed by atoms with van der Waals surface area (Å²) in [5.74, 6) is -0.921. The molecule has 0 bridgehead atoms. The number of hydrogen-bond acceptors (Lipinski definition) is 8. The number of carbonyl (C=O) groups is 1. The monoisotopic (exact) mass is 575 g/mol. The summed E-state index contributed by atoms with van der Waals surface area (Å²) in [5.41, 5.74) is 2.19. The fraction of sp³-hybridized carbons (Fsp3) is 0.304. The highest BCUT2D eigenvalue weighted by Gasteiger charge is 2.23. The number of aryl methyl sites for hydroxylation is 1. The van der Waals surface area contributed by atoms with Crippen LogP contribution in [-0.4, -0.2) is 51.0 Å². The van der Waals surface area contributed by atoms with Gasteiger partial charge in [-0.25, -0.2) is 17.8 Å². The average molecular weight is 576 g/mol. The maximum absolute atomic E-state index is 14.8. The number of methoxy groups -OCH3 is 1. The first-order valence-electron chi connectivity index (χ1n) is 10.8. The molecule has 3 aromatic rings. The topological polar surface area (TPSA) is 97.8 Å². The number of esters is 1. The van der Waals surface area contributed by atoms with Crippen molar-refractivity contribution < 1.29 is 27.1 Å². The zero-order valence-electron chi connectivity index (χ0n) is 19.5. The predicted molar refractivity (Wildman–Crippen MR) is 138 cm³/mol. The minimum Gasteiger partial charge on any atom is -0.468 e. The molecule has 13 heteroatoms. The van der Waals surface area contributed by atoms with Crippen LogP contribution in [0.4, 0.5) is 10.2 Å². The second kappa shape index (κ2) is 12.7. The van der Waals surface area contributed by atoms with E-state index in [-0.39, 0.29) is 29.1 Å². The van der Waals surface area contributed by atoms with Crippen molar-refractivity contribution in [2.45, 2.75) is 24.7 Å². The first-order chi connectivity index (χ1) is 17.1. The summed E-state index contributed by atoms with van der Waals surface area (Å²) in [5, 5.41) is 1.88. The number of thiazole rings is 1. The molecular formula is C23H24Cl2FN3O5S2. The predicted octanol–water partition coefficient (Wildman–Crippen LogP) is 5.61. The third kappa shape index (κ3) is 7.53. The van der Waals surface area contributed by atoms with E-state index in [1.807, 2.05) is 11.8 Å². The van der Waals surface area contributed by atoms with Crippen LogP contribution < -0.4 is 9.46 Å². The van der Waals surface area contributed by atoms with E-state index in [4.69, 9.17) is 32.7 Å². The van der Waals surface area contributed by atoms with Crippen molar-refractivity contribution in [2.75, 3.05) is 31.5 Å². The maximum atomic E-state index is 14.8. The zero-order chi connectivity index (χ0) is 26.3. The molecule has 3 rings (SSSR count). The van der Waals surface area contributed by atoms with Crippen LogP contribution in [-0.2, 0) is 26.0 Å². The summed E-state index contributed by atoms with van der Waals surface area (Å²) in [7, 11) is -2.90. The van der Waals surface area contributed by atoms with Crippen LogP contribution in [0.15, 0.2) is 46.1 Å². The fourth-order valence-electron chi connectivity index (χ4n) is 3.30. The fourth-order valence-corrected chi connectivity index (χ4v) is 5.41. The van der Waals surface area contributed by atoms with Crippen molar-refractivity contribution in [2.24, 2.45) is 0 Å². The number of sulfonamides is 1. The SMILES string of the molecule is CCN(CCCc1cc(Cl)ccc1Oc1cc(F)c(S(=O)(=O)Nc2cscn2)cc1Cl)CC(=O)OC. The van der Waals surface area contributed by atoms with Crippen molar-refractivity contribution in [3.05, 3.63) is 62.6 Å². The van der Waals surface area contributed by atoms with Crippen molar-refractivity contribution in [1.82, 2.24) is 9.88 Å². The molecule has 0 radical (unpaired) electrons. The van der Waals surface area contributed by atoms with E-state index < -0.39 is 20.7 Å².